The molecule has 4 nitrogen and oxygen atoms in total. The number of carboxylic acids is 1. The van der Waals surface area contributed by atoms with Crippen LogP contribution in [0.15, 0.2) is 23.8 Å². The molecule has 1 saturated heterocycles. The Bertz CT molecular complexity index is 443. The molecule has 1 aliphatic heterocycles. The normalized spacial score (nSPS) is 27.2. The molecule has 0 radical (unpaired) electrons. The number of carboxylic acid groups (broad SMARTS) is 1. The molecule has 0 bridgehead atoms. The summed E-state index contributed by atoms with van der Waals surface area (Å²) in [5, 5.41) is 8.83. The Morgan fingerprint density at radius 1 is 1.43 bits per heavy atom. The largest absolute Gasteiger partial charge is 0.481 e. The highest BCUT2D eigenvalue weighted by Crippen LogP contribution is 2.40. The van der Waals surface area contributed by atoms with E-state index < -0.39 is 11.8 Å². The van der Waals surface area contributed by atoms with E-state index in [1.54, 1.807) is 0 Å². The van der Waals surface area contributed by atoms with Crippen molar-refractivity contribution in [3.05, 3.63) is 23.8 Å². The fourth-order valence-electron chi connectivity index (χ4n) is 2.46. The second kappa shape index (κ2) is 6.55. The van der Waals surface area contributed by atoms with E-state index in [1.165, 1.54) is 17.3 Å². The number of thioether (sulfide) groups is 1. The van der Waals surface area contributed by atoms with Gasteiger partial charge >= 0.3 is 5.97 Å². The predicted octanol–water partition coefficient (Wildman–Crippen LogP) is 3.10. The Balaban J connectivity index is 2.07. The molecule has 1 heterocycles. The molecule has 5 heteroatoms. The van der Waals surface area contributed by atoms with Gasteiger partial charge in [-0.25, -0.2) is 0 Å². The lowest BCUT2D eigenvalue weighted by atomic mass is 9.87. The molecule has 0 spiro atoms. The molecule has 0 aromatic heterocycles. The number of ether oxygens (including phenoxy) is 2. The molecule has 2 rings (SSSR count). The molecular weight excluding hydrogens is 288 g/mol. The van der Waals surface area contributed by atoms with Crippen molar-refractivity contribution in [1.82, 2.24) is 0 Å². The Morgan fingerprint density at radius 2 is 2.10 bits per heavy atom. The zero-order valence-electron chi connectivity index (χ0n) is 12.9. The van der Waals surface area contributed by atoms with Crippen molar-refractivity contribution in [1.29, 1.82) is 0 Å². The van der Waals surface area contributed by atoms with Gasteiger partial charge in [0.05, 0.1) is 19.0 Å². The highest BCUT2D eigenvalue weighted by atomic mass is 32.2. The van der Waals surface area contributed by atoms with Gasteiger partial charge in [0.2, 0.25) is 0 Å². The highest BCUT2D eigenvalue weighted by molar-refractivity contribution is 8.00. The first kappa shape index (κ1) is 16.6. The zero-order chi connectivity index (χ0) is 15.5. The van der Waals surface area contributed by atoms with Gasteiger partial charge in [0.1, 0.15) is 0 Å². The lowest BCUT2D eigenvalue weighted by Crippen LogP contribution is -2.53. The SMILES string of the molecule is CC1=CCC(C2(CSCC(=O)O)OCC(C)(C)CO2)C=C1. The number of allylic oxidation sites excluding steroid dienone is 3. The smallest absolute Gasteiger partial charge is 0.313 e. The van der Waals surface area contributed by atoms with Gasteiger partial charge in [-0.15, -0.1) is 11.8 Å². The maximum Gasteiger partial charge on any atom is 0.313 e. The molecule has 1 aliphatic carbocycles. The van der Waals surface area contributed by atoms with Gasteiger partial charge in [-0.3, -0.25) is 4.79 Å². The van der Waals surface area contributed by atoms with E-state index in [2.05, 4.69) is 39.0 Å². The number of hydrogen-bond donors (Lipinski definition) is 1. The van der Waals surface area contributed by atoms with Crippen molar-refractivity contribution in [3.8, 4) is 0 Å². The second-order valence-electron chi connectivity index (χ2n) is 6.59. The van der Waals surface area contributed by atoms with Crippen molar-refractivity contribution in [3.63, 3.8) is 0 Å². The summed E-state index contributed by atoms with van der Waals surface area (Å²) in [4.78, 5) is 10.7. The maximum atomic E-state index is 10.7. The monoisotopic (exact) mass is 312 g/mol. The van der Waals surface area contributed by atoms with Crippen molar-refractivity contribution in [2.75, 3.05) is 24.7 Å². The first-order valence-electron chi connectivity index (χ1n) is 7.25. The van der Waals surface area contributed by atoms with Gasteiger partial charge in [-0.2, -0.15) is 0 Å². The van der Waals surface area contributed by atoms with Crippen LogP contribution in [0, 0.1) is 11.3 Å². The molecule has 21 heavy (non-hydrogen) atoms. The Labute approximate surface area is 130 Å². The van der Waals surface area contributed by atoms with Gasteiger partial charge in [0.25, 0.3) is 0 Å². The lowest BCUT2D eigenvalue weighted by Gasteiger charge is -2.47. The maximum absolute atomic E-state index is 10.7. The summed E-state index contributed by atoms with van der Waals surface area (Å²) in [5.41, 5.74) is 1.25. The first-order chi connectivity index (χ1) is 9.83. The van der Waals surface area contributed by atoms with E-state index in [1.807, 2.05) is 0 Å². The Kier molecular flexibility index (Phi) is 5.17. The van der Waals surface area contributed by atoms with Crippen LogP contribution >= 0.6 is 11.8 Å². The summed E-state index contributed by atoms with van der Waals surface area (Å²) >= 11 is 1.36. The molecule has 1 atom stereocenters. The van der Waals surface area contributed by atoms with Crippen LogP contribution in [0.5, 0.6) is 0 Å². The van der Waals surface area contributed by atoms with Gasteiger partial charge < -0.3 is 14.6 Å². The van der Waals surface area contributed by atoms with Crippen LogP contribution in [0.1, 0.15) is 27.2 Å². The fourth-order valence-corrected chi connectivity index (χ4v) is 3.40. The highest BCUT2D eigenvalue weighted by Gasteiger charge is 2.45. The quantitative estimate of drug-likeness (QED) is 0.845. The standard InChI is InChI=1S/C16H24O4S/c1-12-4-6-13(7-5-12)16(11-21-8-14(17)18)19-9-15(2,3)10-20-16/h4-6,13H,7-11H2,1-3H3,(H,17,18). The number of carbonyl (C=O) groups is 1. The molecule has 1 unspecified atom stereocenters. The van der Waals surface area contributed by atoms with E-state index >= 15 is 0 Å². The van der Waals surface area contributed by atoms with Crippen LogP contribution in [0.4, 0.5) is 0 Å². The third kappa shape index (κ3) is 4.34. The van der Waals surface area contributed by atoms with Crippen LogP contribution in [0.3, 0.4) is 0 Å². The summed E-state index contributed by atoms with van der Waals surface area (Å²) in [5.74, 6) is -0.760. The summed E-state index contributed by atoms with van der Waals surface area (Å²) in [7, 11) is 0. The zero-order valence-corrected chi connectivity index (χ0v) is 13.7. The van der Waals surface area contributed by atoms with E-state index in [4.69, 9.17) is 14.6 Å². The van der Waals surface area contributed by atoms with Crippen molar-refractivity contribution >= 4 is 17.7 Å². The average Bonchev–Trinajstić information content (AvgIpc) is 2.42. The summed E-state index contributed by atoms with van der Waals surface area (Å²) in [6.07, 6.45) is 7.27. The molecule has 1 fully saturated rings. The van der Waals surface area contributed by atoms with Crippen molar-refractivity contribution < 1.29 is 19.4 Å². The third-order valence-electron chi connectivity index (χ3n) is 3.79. The summed E-state index contributed by atoms with van der Waals surface area (Å²) in [6.45, 7) is 7.57. The van der Waals surface area contributed by atoms with Gasteiger partial charge in [-0.1, -0.05) is 37.6 Å². The van der Waals surface area contributed by atoms with E-state index in [0.717, 1.165) is 6.42 Å². The first-order valence-corrected chi connectivity index (χ1v) is 8.41. The molecule has 118 valence electrons. The molecular formula is C16H24O4S. The summed E-state index contributed by atoms with van der Waals surface area (Å²) < 4.78 is 12.2. The van der Waals surface area contributed by atoms with E-state index in [0.29, 0.717) is 19.0 Å². The van der Waals surface area contributed by atoms with Crippen molar-refractivity contribution in [2.24, 2.45) is 11.3 Å². The minimum atomic E-state index is -0.804. The van der Waals surface area contributed by atoms with Crippen LogP contribution in [-0.2, 0) is 14.3 Å². The molecule has 1 N–H and O–H groups in total. The number of hydrogen-bond acceptors (Lipinski definition) is 4. The fraction of sp³-hybridized carbons (Fsp3) is 0.688. The van der Waals surface area contributed by atoms with Crippen LogP contribution in [-0.4, -0.2) is 41.6 Å². The van der Waals surface area contributed by atoms with Crippen molar-refractivity contribution in [2.45, 2.75) is 33.0 Å². The minimum absolute atomic E-state index is 0.00506. The predicted molar refractivity (Wildman–Crippen MR) is 84.4 cm³/mol. The molecule has 0 saturated carbocycles. The molecule has 0 aromatic carbocycles. The van der Waals surface area contributed by atoms with Crippen LogP contribution in [0.25, 0.3) is 0 Å². The second-order valence-corrected chi connectivity index (χ2v) is 7.57. The Morgan fingerprint density at radius 3 is 2.62 bits per heavy atom. The van der Waals surface area contributed by atoms with E-state index in [9.17, 15) is 4.79 Å². The number of aliphatic carboxylic acids is 1. The number of rotatable bonds is 5. The summed E-state index contributed by atoms with van der Waals surface area (Å²) in [6, 6.07) is 0. The van der Waals surface area contributed by atoms with Crippen LogP contribution < -0.4 is 0 Å². The van der Waals surface area contributed by atoms with Crippen LogP contribution in [0.2, 0.25) is 0 Å². The molecule has 0 amide bonds. The third-order valence-corrected chi connectivity index (χ3v) is 4.85. The minimum Gasteiger partial charge on any atom is -0.481 e. The Hall–Kier alpha value is -0.780. The topological polar surface area (TPSA) is 55.8 Å². The molecule has 2 aliphatic rings. The van der Waals surface area contributed by atoms with E-state index in [-0.39, 0.29) is 17.1 Å². The average molecular weight is 312 g/mol. The van der Waals surface area contributed by atoms with Gasteiger partial charge in [-0.05, 0) is 13.3 Å². The van der Waals surface area contributed by atoms with Gasteiger partial charge in [0.15, 0.2) is 5.79 Å². The van der Waals surface area contributed by atoms with Gasteiger partial charge in [0, 0.05) is 17.1 Å². The molecule has 0 aromatic rings. The lowest BCUT2D eigenvalue weighted by molar-refractivity contribution is -0.302.